The minimum absolute atomic E-state index is 0.147. The highest BCUT2D eigenvalue weighted by Gasteiger charge is 2.07. The Balaban J connectivity index is 1.82. The summed E-state index contributed by atoms with van der Waals surface area (Å²) >= 11 is 5.79. The SMILES string of the molecule is CC(=O)NCCNC(=O)c1ccc(NC(=O)Nc2ccc(Cl)cc2)cc1. The lowest BCUT2D eigenvalue weighted by Crippen LogP contribution is -2.33. The van der Waals surface area contributed by atoms with Crippen molar-refractivity contribution >= 4 is 40.8 Å². The van der Waals surface area contributed by atoms with Crippen LogP contribution in [0.15, 0.2) is 48.5 Å². The molecule has 7 nitrogen and oxygen atoms in total. The number of hydrogen-bond donors (Lipinski definition) is 4. The molecule has 8 heteroatoms. The van der Waals surface area contributed by atoms with Crippen molar-refractivity contribution in [1.29, 1.82) is 0 Å². The highest BCUT2D eigenvalue weighted by molar-refractivity contribution is 6.30. The summed E-state index contributed by atoms with van der Waals surface area (Å²) in [6.45, 7) is 2.12. The first-order valence-corrected chi connectivity index (χ1v) is 8.28. The molecule has 0 aliphatic rings. The molecule has 2 rings (SSSR count). The molecule has 2 aromatic carbocycles. The second-order valence-corrected chi connectivity index (χ2v) is 5.84. The Hall–Kier alpha value is -3.06. The topological polar surface area (TPSA) is 99.3 Å². The second kappa shape index (κ2) is 9.43. The first-order chi connectivity index (χ1) is 12.4. The van der Waals surface area contributed by atoms with E-state index < -0.39 is 6.03 Å². The Morgan fingerprint density at radius 1 is 0.808 bits per heavy atom. The molecule has 0 fully saturated rings. The summed E-state index contributed by atoms with van der Waals surface area (Å²) in [5.41, 5.74) is 1.62. The van der Waals surface area contributed by atoms with Gasteiger partial charge in [0.05, 0.1) is 0 Å². The van der Waals surface area contributed by atoms with Gasteiger partial charge >= 0.3 is 6.03 Å². The minimum atomic E-state index is -0.403. The van der Waals surface area contributed by atoms with Gasteiger partial charge in [-0.1, -0.05) is 11.6 Å². The van der Waals surface area contributed by atoms with Gasteiger partial charge in [-0.2, -0.15) is 0 Å². The van der Waals surface area contributed by atoms with Crippen molar-refractivity contribution in [3.63, 3.8) is 0 Å². The zero-order chi connectivity index (χ0) is 18.9. The van der Waals surface area contributed by atoms with E-state index in [9.17, 15) is 14.4 Å². The highest BCUT2D eigenvalue weighted by atomic mass is 35.5. The monoisotopic (exact) mass is 374 g/mol. The lowest BCUT2D eigenvalue weighted by atomic mass is 10.2. The van der Waals surface area contributed by atoms with Crippen LogP contribution in [0.5, 0.6) is 0 Å². The Labute approximate surface area is 156 Å². The number of amides is 4. The predicted molar refractivity (Wildman–Crippen MR) is 102 cm³/mol. The third-order valence-electron chi connectivity index (χ3n) is 3.29. The van der Waals surface area contributed by atoms with Gasteiger partial charge in [-0.15, -0.1) is 0 Å². The Bertz CT molecular complexity index is 776. The highest BCUT2D eigenvalue weighted by Crippen LogP contribution is 2.14. The summed E-state index contributed by atoms with van der Waals surface area (Å²) in [6.07, 6.45) is 0. The van der Waals surface area contributed by atoms with Crippen LogP contribution in [-0.2, 0) is 4.79 Å². The Kier molecular flexibility index (Phi) is 6.99. The molecule has 0 atom stereocenters. The molecule has 26 heavy (non-hydrogen) atoms. The van der Waals surface area contributed by atoms with Crippen LogP contribution in [0.1, 0.15) is 17.3 Å². The van der Waals surface area contributed by atoms with E-state index in [0.29, 0.717) is 35.1 Å². The summed E-state index contributed by atoms with van der Waals surface area (Å²) < 4.78 is 0. The van der Waals surface area contributed by atoms with Gasteiger partial charge in [0, 0.05) is 42.0 Å². The molecule has 4 amide bonds. The van der Waals surface area contributed by atoms with E-state index in [1.807, 2.05) is 0 Å². The molecule has 0 aliphatic carbocycles. The molecule has 0 heterocycles. The fourth-order valence-corrected chi connectivity index (χ4v) is 2.17. The van der Waals surface area contributed by atoms with E-state index in [4.69, 9.17) is 11.6 Å². The van der Waals surface area contributed by atoms with Gasteiger partial charge in [-0.25, -0.2) is 4.79 Å². The van der Waals surface area contributed by atoms with E-state index in [1.165, 1.54) is 6.92 Å². The van der Waals surface area contributed by atoms with Gasteiger partial charge in [0.1, 0.15) is 0 Å². The zero-order valence-electron chi connectivity index (χ0n) is 14.1. The molecule has 0 bridgehead atoms. The first-order valence-electron chi connectivity index (χ1n) is 7.90. The third-order valence-corrected chi connectivity index (χ3v) is 3.54. The van der Waals surface area contributed by atoms with E-state index in [-0.39, 0.29) is 11.8 Å². The van der Waals surface area contributed by atoms with E-state index >= 15 is 0 Å². The molecule has 0 radical (unpaired) electrons. The average Bonchev–Trinajstić information content (AvgIpc) is 2.61. The number of nitrogens with one attached hydrogen (secondary N) is 4. The molecule has 0 aliphatic heterocycles. The van der Waals surface area contributed by atoms with Gasteiger partial charge in [-0.05, 0) is 48.5 Å². The second-order valence-electron chi connectivity index (χ2n) is 5.40. The average molecular weight is 375 g/mol. The number of urea groups is 1. The van der Waals surface area contributed by atoms with Crippen LogP contribution in [0.25, 0.3) is 0 Å². The number of halogens is 1. The Morgan fingerprint density at radius 3 is 1.85 bits per heavy atom. The van der Waals surface area contributed by atoms with Crippen LogP contribution >= 0.6 is 11.6 Å². The number of hydrogen-bond acceptors (Lipinski definition) is 3. The maximum atomic E-state index is 12.0. The van der Waals surface area contributed by atoms with E-state index in [2.05, 4.69) is 21.3 Å². The maximum Gasteiger partial charge on any atom is 0.323 e. The number of benzene rings is 2. The van der Waals surface area contributed by atoms with Crippen molar-refractivity contribution in [1.82, 2.24) is 10.6 Å². The molecule has 0 saturated carbocycles. The van der Waals surface area contributed by atoms with Crippen LogP contribution < -0.4 is 21.3 Å². The Morgan fingerprint density at radius 2 is 1.31 bits per heavy atom. The van der Waals surface area contributed by atoms with Crippen LogP contribution in [0, 0.1) is 0 Å². The summed E-state index contributed by atoms with van der Waals surface area (Å²) in [5.74, 6) is -0.404. The summed E-state index contributed by atoms with van der Waals surface area (Å²) in [6, 6.07) is 12.8. The molecule has 136 valence electrons. The predicted octanol–water partition coefficient (Wildman–Crippen LogP) is 2.85. The molecule has 0 saturated heterocycles. The van der Waals surface area contributed by atoms with Crippen molar-refractivity contribution in [3.8, 4) is 0 Å². The molecular formula is C18H19ClN4O3. The third kappa shape index (κ3) is 6.45. The van der Waals surface area contributed by atoms with Crippen LogP contribution in [0.2, 0.25) is 5.02 Å². The van der Waals surface area contributed by atoms with Gasteiger partial charge in [0.15, 0.2) is 0 Å². The lowest BCUT2D eigenvalue weighted by molar-refractivity contribution is -0.118. The van der Waals surface area contributed by atoms with Crippen LogP contribution in [-0.4, -0.2) is 30.9 Å². The normalized spacial score (nSPS) is 9.92. The van der Waals surface area contributed by atoms with Crippen LogP contribution in [0.3, 0.4) is 0 Å². The largest absolute Gasteiger partial charge is 0.355 e. The van der Waals surface area contributed by atoms with Crippen LogP contribution in [0.4, 0.5) is 16.2 Å². The summed E-state index contributed by atoms with van der Waals surface area (Å²) in [7, 11) is 0. The van der Waals surface area contributed by atoms with Crippen molar-refractivity contribution in [3.05, 3.63) is 59.1 Å². The smallest absolute Gasteiger partial charge is 0.323 e. The van der Waals surface area contributed by atoms with Crippen molar-refractivity contribution in [2.75, 3.05) is 23.7 Å². The number of rotatable bonds is 6. The number of carbonyl (C=O) groups excluding carboxylic acids is 3. The van der Waals surface area contributed by atoms with Crippen molar-refractivity contribution in [2.24, 2.45) is 0 Å². The maximum absolute atomic E-state index is 12.0. The standard InChI is InChI=1S/C18H19ClN4O3/c1-12(24)20-10-11-21-17(25)13-2-6-15(7-3-13)22-18(26)23-16-8-4-14(19)5-9-16/h2-9H,10-11H2,1H3,(H,20,24)(H,21,25)(H2,22,23,26). The molecule has 4 N–H and O–H groups in total. The molecule has 0 spiro atoms. The summed E-state index contributed by atoms with van der Waals surface area (Å²) in [5, 5.41) is 11.2. The summed E-state index contributed by atoms with van der Waals surface area (Å²) in [4.78, 5) is 34.6. The quantitative estimate of drug-likeness (QED) is 0.585. The fourth-order valence-electron chi connectivity index (χ4n) is 2.05. The zero-order valence-corrected chi connectivity index (χ0v) is 14.9. The van der Waals surface area contributed by atoms with Gasteiger partial charge in [0.25, 0.3) is 5.91 Å². The van der Waals surface area contributed by atoms with Gasteiger partial charge in [-0.3, -0.25) is 9.59 Å². The number of carbonyl (C=O) groups is 3. The first kappa shape index (κ1) is 19.3. The van der Waals surface area contributed by atoms with E-state index in [0.717, 1.165) is 0 Å². The van der Waals surface area contributed by atoms with Crippen molar-refractivity contribution < 1.29 is 14.4 Å². The molecule has 0 unspecified atom stereocenters. The van der Waals surface area contributed by atoms with Gasteiger partial charge in [0.2, 0.25) is 5.91 Å². The molecule has 2 aromatic rings. The molecule has 0 aromatic heterocycles. The lowest BCUT2D eigenvalue weighted by Gasteiger charge is -2.09. The van der Waals surface area contributed by atoms with Gasteiger partial charge < -0.3 is 21.3 Å². The number of anilines is 2. The minimum Gasteiger partial charge on any atom is -0.355 e. The fraction of sp³-hybridized carbons (Fsp3) is 0.167. The van der Waals surface area contributed by atoms with E-state index in [1.54, 1.807) is 48.5 Å². The molecular weight excluding hydrogens is 356 g/mol. The van der Waals surface area contributed by atoms with Crippen molar-refractivity contribution in [2.45, 2.75) is 6.92 Å².